The summed E-state index contributed by atoms with van der Waals surface area (Å²) in [5.74, 6) is -4.97. The summed E-state index contributed by atoms with van der Waals surface area (Å²) < 4.78 is 39.5. The first-order chi connectivity index (χ1) is 12.0. The van der Waals surface area contributed by atoms with Crippen molar-refractivity contribution in [2.75, 3.05) is 0 Å². The molecule has 27 heavy (non-hydrogen) atoms. The number of phenols is 4. The molecule has 0 aliphatic carbocycles. The van der Waals surface area contributed by atoms with Crippen LogP contribution < -0.4 is 35.0 Å². The zero-order valence-corrected chi connectivity index (χ0v) is 16.3. The van der Waals surface area contributed by atoms with E-state index in [1.807, 2.05) is 0 Å². The van der Waals surface area contributed by atoms with E-state index < -0.39 is 71.5 Å². The Hall–Kier alpha value is -2.44. The fourth-order valence-electron chi connectivity index (χ4n) is 2.40. The van der Waals surface area contributed by atoms with Crippen molar-refractivity contribution >= 4 is 21.1 Å². The van der Waals surface area contributed by atoms with Gasteiger partial charge in [0.1, 0.15) is 32.6 Å². The maximum atomic E-state index is 12.3. The van der Waals surface area contributed by atoms with Crippen LogP contribution in [-0.4, -0.2) is 38.5 Å². The van der Waals surface area contributed by atoms with Crippen LogP contribution in [0.25, 0.3) is 22.3 Å². The first-order valence-electron chi connectivity index (χ1n) is 6.74. The topological polar surface area (TPSA) is 189 Å². The molecule has 0 atom stereocenters. The smallest absolute Gasteiger partial charge is 0.744 e. The van der Waals surface area contributed by atoms with Gasteiger partial charge in [-0.1, -0.05) is 0 Å². The molecule has 0 aliphatic heterocycles. The van der Waals surface area contributed by atoms with Gasteiger partial charge < -0.3 is 34.5 Å². The van der Waals surface area contributed by atoms with E-state index in [-0.39, 0.29) is 29.6 Å². The van der Waals surface area contributed by atoms with E-state index in [4.69, 9.17) is 4.42 Å². The summed E-state index contributed by atoms with van der Waals surface area (Å²) in [7, 11) is -5.21. The van der Waals surface area contributed by atoms with Crippen LogP contribution in [-0.2, 0) is 10.1 Å². The molecule has 0 fully saturated rings. The molecule has 0 amide bonds. The summed E-state index contributed by atoms with van der Waals surface area (Å²) >= 11 is 0. The summed E-state index contributed by atoms with van der Waals surface area (Å²) in [4.78, 5) is 11.2. The van der Waals surface area contributed by atoms with Crippen molar-refractivity contribution in [2.45, 2.75) is 4.90 Å². The van der Waals surface area contributed by atoms with Crippen molar-refractivity contribution in [3.05, 3.63) is 34.5 Å². The zero-order chi connectivity index (χ0) is 19.4. The Morgan fingerprint density at radius 2 is 1.48 bits per heavy atom. The van der Waals surface area contributed by atoms with Crippen molar-refractivity contribution in [3.8, 4) is 40.1 Å². The molecule has 0 aliphatic rings. The summed E-state index contributed by atoms with van der Waals surface area (Å²) in [5, 5.41) is 47.8. The summed E-state index contributed by atoms with van der Waals surface area (Å²) in [6.45, 7) is 0. The molecule has 5 N–H and O–H groups in total. The van der Waals surface area contributed by atoms with E-state index in [9.17, 15) is 43.3 Å². The Morgan fingerprint density at radius 1 is 0.889 bits per heavy atom. The van der Waals surface area contributed by atoms with Crippen molar-refractivity contribution < 1.29 is 72.5 Å². The van der Waals surface area contributed by atoms with Gasteiger partial charge in [-0.05, 0) is 6.07 Å². The SMILES string of the molecule is O=c1c(O)c(-c2cc(O)c(O)cc2S(=O)(=O)[O-])oc2cc(O)cc(O)c12.[Na+]. The van der Waals surface area contributed by atoms with Crippen molar-refractivity contribution in [1.29, 1.82) is 0 Å². The maximum Gasteiger partial charge on any atom is 1.00 e. The summed E-state index contributed by atoms with van der Waals surface area (Å²) in [6, 6.07) is 2.76. The molecule has 0 bridgehead atoms. The van der Waals surface area contributed by atoms with Crippen molar-refractivity contribution in [1.82, 2.24) is 0 Å². The number of aromatic hydroxyl groups is 5. The monoisotopic (exact) mass is 404 g/mol. The summed E-state index contributed by atoms with van der Waals surface area (Å²) in [5.41, 5.74) is -2.31. The molecule has 136 valence electrons. The van der Waals surface area contributed by atoms with Crippen LogP contribution in [0.4, 0.5) is 0 Å². The Balaban J connectivity index is 0.00000261. The fourth-order valence-corrected chi connectivity index (χ4v) is 3.08. The molecule has 3 aromatic rings. The molecule has 0 radical (unpaired) electrons. The normalized spacial score (nSPS) is 11.3. The Labute approximate surface area is 172 Å². The van der Waals surface area contributed by atoms with Gasteiger partial charge in [-0.2, -0.15) is 0 Å². The number of fused-ring (bicyclic) bond motifs is 1. The average molecular weight is 404 g/mol. The summed E-state index contributed by atoms with van der Waals surface area (Å²) in [6.07, 6.45) is 0. The molecule has 2 aromatic carbocycles. The average Bonchev–Trinajstić information content (AvgIpc) is 2.51. The third-order valence-electron chi connectivity index (χ3n) is 3.53. The second kappa shape index (κ2) is 6.94. The number of hydrogen-bond acceptors (Lipinski definition) is 10. The third-order valence-corrected chi connectivity index (χ3v) is 4.40. The Bertz CT molecular complexity index is 1230. The molecule has 12 heteroatoms. The van der Waals surface area contributed by atoms with Crippen LogP contribution in [0.15, 0.2) is 38.4 Å². The van der Waals surface area contributed by atoms with Crippen LogP contribution in [0.2, 0.25) is 0 Å². The molecular formula is C15H9NaO10S. The quantitative estimate of drug-likeness (QED) is 0.180. The van der Waals surface area contributed by atoms with E-state index in [0.29, 0.717) is 12.1 Å². The fraction of sp³-hybridized carbons (Fsp3) is 0. The van der Waals surface area contributed by atoms with Gasteiger partial charge in [0.15, 0.2) is 17.3 Å². The largest absolute Gasteiger partial charge is 1.00 e. The van der Waals surface area contributed by atoms with Gasteiger partial charge in [-0.15, -0.1) is 0 Å². The molecule has 0 spiro atoms. The standard InChI is InChI=1S/C15H10O10S.Na/c16-5-1-9(19)12-10(2-5)25-15(14(21)13(12)20)6-3-7(17)8(18)4-11(6)26(22,23)24;/h1-4,16-19,21H,(H,22,23,24);/q;+1/p-1. The number of phenolic OH excluding ortho intramolecular Hbond substituents is 4. The predicted octanol–water partition coefficient (Wildman–Crippen LogP) is -2.10. The van der Waals surface area contributed by atoms with E-state index in [1.165, 1.54) is 0 Å². The van der Waals surface area contributed by atoms with Crippen LogP contribution in [0.1, 0.15) is 0 Å². The molecule has 0 unspecified atom stereocenters. The Kier molecular flexibility index (Phi) is 5.37. The number of rotatable bonds is 2. The molecule has 1 heterocycles. The van der Waals surface area contributed by atoms with Gasteiger partial charge in [0.05, 0.1) is 4.90 Å². The maximum absolute atomic E-state index is 12.3. The van der Waals surface area contributed by atoms with E-state index >= 15 is 0 Å². The minimum absolute atomic E-state index is 0. The predicted molar refractivity (Wildman–Crippen MR) is 84.2 cm³/mol. The second-order valence-electron chi connectivity index (χ2n) is 5.24. The van der Waals surface area contributed by atoms with E-state index in [2.05, 4.69) is 0 Å². The number of hydrogen-bond donors (Lipinski definition) is 5. The molecule has 0 saturated carbocycles. The van der Waals surface area contributed by atoms with Crippen LogP contribution in [0.3, 0.4) is 0 Å². The van der Waals surface area contributed by atoms with Gasteiger partial charge in [-0.3, -0.25) is 4.79 Å². The molecule has 0 saturated heterocycles. The molecule has 10 nitrogen and oxygen atoms in total. The van der Waals surface area contributed by atoms with E-state index in [1.54, 1.807) is 0 Å². The van der Waals surface area contributed by atoms with Crippen LogP contribution >= 0.6 is 0 Å². The third kappa shape index (κ3) is 3.55. The number of benzene rings is 2. The van der Waals surface area contributed by atoms with Crippen LogP contribution in [0, 0.1) is 0 Å². The van der Waals surface area contributed by atoms with E-state index in [0.717, 1.165) is 12.1 Å². The Morgan fingerprint density at radius 3 is 2.07 bits per heavy atom. The second-order valence-corrected chi connectivity index (χ2v) is 6.59. The van der Waals surface area contributed by atoms with Gasteiger partial charge in [0.2, 0.25) is 11.2 Å². The van der Waals surface area contributed by atoms with Gasteiger partial charge in [-0.25, -0.2) is 8.42 Å². The molecule has 3 rings (SSSR count). The first-order valence-corrected chi connectivity index (χ1v) is 8.15. The molecular weight excluding hydrogens is 395 g/mol. The minimum Gasteiger partial charge on any atom is -0.744 e. The zero-order valence-electron chi connectivity index (χ0n) is 13.5. The van der Waals surface area contributed by atoms with Crippen LogP contribution in [0.5, 0.6) is 28.7 Å². The van der Waals surface area contributed by atoms with Gasteiger partial charge in [0, 0.05) is 23.8 Å². The first kappa shape index (κ1) is 20.9. The molecule has 1 aromatic heterocycles. The van der Waals surface area contributed by atoms with Crippen molar-refractivity contribution in [3.63, 3.8) is 0 Å². The van der Waals surface area contributed by atoms with Gasteiger partial charge >= 0.3 is 29.6 Å². The van der Waals surface area contributed by atoms with Crippen molar-refractivity contribution in [2.24, 2.45) is 0 Å². The minimum atomic E-state index is -5.21. The van der Waals surface area contributed by atoms with Gasteiger partial charge in [0.25, 0.3) is 0 Å².